The van der Waals surface area contributed by atoms with Crippen molar-refractivity contribution in [3.8, 4) is 0 Å². The molecule has 36 valence electrons. The van der Waals surface area contributed by atoms with Crippen LogP contribution in [0.4, 0.5) is 0 Å². The second-order valence-corrected chi connectivity index (χ2v) is 0.781. The molecule has 0 saturated heterocycles. The Labute approximate surface area is 89.8 Å². The van der Waals surface area contributed by atoms with E-state index in [2.05, 4.69) is 0 Å². The van der Waals surface area contributed by atoms with Crippen LogP contribution in [0.15, 0.2) is 0 Å². The first kappa shape index (κ1) is 16.0. The van der Waals surface area contributed by atoms with E-state index in [0.717, 1.165) is 13.2 Å². The molecule has 0 aliphatic rings. The summed E-state index contributed by atoms with van der Waals surface area (Å²) >= 11 is 0. The molecule has 0 radical (unpaired) electrons. The van der Waals surface area contributed by atoms with Crippen LogP contribution in [0.5, 0.6) is 0 Å². The van der Waals surface area contributed by atoms with Gasteiger partial charge in [0.15, 0.2) is 0 Å². The molecule has 7 heavy (non-hydrogen) atoms. The van der Waals surface area contributed by atoms with Crippen molar-refractivity contribution >= 4 is 59.1 Å². The molecule has 0 rings (SSSR count). The second kappa shape index (κ2) is 15.7. The summed E-state index contributed by atoms with van der Waals surface area (Å²) in [6, 6.07) is 0. The topological polar surface area (TPSA) is 9.23 Å². The van der Waals surface area contributed by atoms with E-state index >= 15 is 0 Å². The monoisotopic (exact) mass is 122 g/mol. The van der Waals surface area contributed by atoms with E-state index in [4.69, 9.17) is 4.74 Å². The molecule has 0 aromatic heterocycles. The standard InChI is InChI=1S/C4H10O.2Na.2H/c1-3-5-4-2;;;;/h3-4H2,1-2H3;;;;. The third-order valence-corrected chi connectivity index (χ3v) is 0.408. The van der Waals surface area contributed by atoms with Crippen LogP contribution in [0.1, 0.15) is 13.8 Å². The van der Waals surface area contributed by atoms with Gasteiger partial charge in [0.2, 0.25) is 0 Å². The zero-order valence-corrected chi connectivity index (χ0v) is 3.82. The van der Waals surface area contributed by atoms with Gasteiger partial charge in [-0.25, -0.2) is 0 Å². The maximum absolute atomic E-state index is 4.83. The Morgan fingerprint density at radius 2 is 1.29 bits per heavy atom. The van der Waals surface area contributed by atoms with Crippen LogP contribution in [0, 0.1) is 0 Å². The summed E-state index contributed by atoms with van der Waals surface area (Å²) in [6.45, 7) is 5.67. The Morgan fingerprint density at radius 1 is 1.00 bits per heavy atom. The SMILES string of the molecule is CCOCC.[NaH].[NaH]. The molecule has 0 aliphatic carbocycles. The van der Waals surface area contributed by atoms with Crippen molar-refractivity contribution in [2.75, 3.05) is 13.2 Å². The Hall–Kier alpha value is 1.96. The molecule has 3 heteroatoms. The van der Waals surface area contributed by atoms with Gasteiger partial charge in [0, 0.05) is 13.2 Å². The Balaban J connectivity index is -0.0000000800. The van der Waals surface area contributed by atoms with Crippen LogP contribution in [0.3, 0.4) is 0 Å². The van der Waals surface area contributed by atoms with Gasteiger partial charge in [0.1, 0.15) is 0 Å². The van der Waals surface area contributed by atoms with Gasteiger partial charge in [-0.15, -0.1) is 0 Å². The molecule has 0 spiro atoms. The Morgan fingerprint density at radius 3 is 1.29 bits per heavy atom. The van der Waals surface area contributed by atoms with Gasteiger partial charge in [-0.05, 0) is 13.8 Å². The molecule has 0 saturated carbocycles. The number of ether oxygens (including phenoxy) is 1. The summed E-state index contributed by atoms with van der Waals surface area (Å²) < 4.78 is 4.83. The van der Waals surface area contributed by atoms with Gasteiger partial charge in [-0.2, -0.15) is 0 Å². The zero-order chi connectivity index (χ0) is 4.12. The fourth-order valence-corrected chi connectivity index (χ4v) is 0.204. The predicted octanol–water partition coefficient (Wildman–Crippen LogP) is -0.254. The van der Waals surface area contributed by atoms with E-state index in [1.54, 1.807) is 0 Å². The summed E-state index contributed by atoms with van der Waals surface area (Å²) in [7, 11) is 0. The minimum absolute atomic E-state index is 0. The first-order valence-electron chi connectivity index (χ1n) is 1.99. The van der Waals surface area contributed by atoms with Gasteiger partial charge in [-0.1, -0.05) is 0 Å². The molecule has 0 fully saturated rings. The molecule has 0 atom stereocenters. The summed E-state index contributed by atoms with van der Waals surface area (Å²) in [6.07, 6.45) is 0. The van der Waals surface area contributed by atoms with Crippen molar-refractivity contribution in [1.29, 1.82) is 0 Å². The molecule has 1 nitrogen and oxygen atoms in total. The molecule has 0 bridgehead atoms. The third kappa shape index (κ3) is 18.0. The molecule has 0 unspecified atom stereocenters. The van der Waals surface area contributed by atoms with Gasteiger partial charge in [0.05, 0.1) is 0 Å². The molecule has 0 amide bonds. The molecule has 0 aliphatic heterocycles. The minimum atomic E-state index is 0. The molecular weight excluding hydrogens is 110 g/mol. The van der Waals surface area contributed by atoms with Crippen LogP contribution < -0.4 is 0 Å². The summed E-state index contributed by atoms with van der Waals surface area (Å²) in [5.74, 6) is 0. The number of hydrogen-bond acceptors (Lipinski definition) is 1. The van der Waals surface area contributed by atoms with E-state index in [1.165, 1.54) is 0 Å². The quantitative estimate of drug-likeness (QED) is 0.459. The van der Waals surface area contributed by atoms with Gasteiger partial charge < -0.3 is 4.74 Å². The van der Waals surface area contributed by atoms with E-state index in [1.807, 2.05) is 13.8 Å². The molecular formula is C4H12Na2O. The maximum atomic E-state index is 4.83. The Bertz CT molecular complexity index is 17.2. The molecule has 0 aromatic carbocycles. The van der Waals surface area contributed by atoms with E-state index < -0.39 is 0 Å². The van der Waals surface area contributed by atoms with Gasteiger partial charge in [0.25, 0.3) is 0 Å². The predicted molar refractivity (Wildman–Crippen MR) is 36.5 cm³/mol. The van der Waals surface area contributed by atoms with E-state index in [-0.39, 0.29) is 59.1 Å². The second-order valence-electron chi connectivity index (χ2n) is 0.781. The first-order valence-corrected chi connectivity index (χ1v) is 1.99. The van der Waals surface area contributed by atoms with E-state index in [0.29, 0.717) is 0 Å². The summed E-state index contributed by atoms with van der Waals surface area (Å²) in [4.78, 5) is 0. The van der Waals surface area contributed by atoms with Crippen LogP contribution in [-0.2, 0) is 4.74 Å². The number of hydrogen-bond donors (Lipinski definition) is 0. The molecule has 0 aromatic rings. The fourth-order valence-electron chi connectivity index (χ4n) is 0.204. The van der Waals surface area contributed by atoms with Gasteiger partial charge >= 0.3 is 59.1 Å². The average Bonchev–Trinajstić information content (AvgIpc) is 1.41. The van der Waals surface area contributed by atoms with Crippen molar-refractivity contribution in [3.63, 3.8) is 0 Å². The van der Waals surface area contributed by atoms with Crippen LogP contribution in [0.2, 0.25) is 0 Å². The van der Waals surface area contributed by atoms with Crippen molar-refractivity contribution in [1.82, 2.24) is 0 Å². The van der Waals surface area contributed by atoms with E-state index in [9.17, 15) is 0 Å². The van der Waals surface area contributed by atoms with Crippen LogP contribution >= 0.6 is 0 Å². The zero-order valence-electron chi connectivity index (χ0n) is 3.82. The van der Waals surface area contributed by atoms with Gasteiger partial charge in [-0.3, -0.25) is 0 Å². The van der Waals surface area contributed by atoms with Crippen molar-refractivity contribution in [2.45, 2.75) is 13.8 Å². The van der Waals surface area contributed by atoms with Crippen molar-refractivity contribution < 1.29 is 4.74 Å². The molecule has 0 N–H and O–H groups in total. The normalized spacial score (nSPS) is 6.00. The number of rotatable bonds is 2. The van der Waals surface area contributed by atoms with Crippen molar-refractivity contribution in [3.05, 3.63) is 0 Å². The summed E-state index contributed by atoms with van der Waals surface area (Å²) in [5.41, 5.74) is 0. The van der Waals surface area contributed by atoms with Crippen molar-refractivity contribution in [2.24, 2.45) is 0 Å². The van der Waals surface area contributed by atoms with Crippen LogP contribution in [0.25, 0.3) is 0 Å². The summed E-state index contributed by atoms with van der Waals surface area (Å²) in [5, 5.41) is 0. The van der Waals surface area contributed by atoms with Crippen LogP contribution in [-0.4, -0.2) is 72.3 Å². The fraction of sp³-hybridized carbons (Fsp3) is 1.00. The third-order valence-electron chi connectivity index (χ3n) is 0.408. The Kier molecular flexibility index (Phi) is 35.8. The first-order chi connectivity index (χ1) is 2.41. The molecule has 0 heterocycles. The average molecular weight is 122 g/mol.